The fourth-order valence-electron chi connectivity index (χ4n) is 3.45. The maximum absolute atomic E-state index is 13.4. The van der Waals surface area contributed by atoms with Crippen LogP contribution in [0.5, 0.6) is 0 Å². The number of rotatable bonds is 8. The molecule has 0 saturated heterocycles. The fourth-order valence-corrected chi connectivity index (χ4v) is 3.45. The molecule has 0 bridgehead atoms. The van der Waals surface area contributed by atoms with Gasteiger partial charge in [0.25, 0.3) is 11.8 Å². The van der Waals surface area contributed by atoms with E-state index in [1.807, 2.05) is 87.2 Å². The van der Waals surface area contributed by atoms with E-state index in [4.69, 9.17) is 4.74 Å². The molecule has 0 saturated carbocycles. The summed E-state index contributed by atoms with van der Waals surface area (Å²) in [6, 6.07) is 17.4. The van der Waals surface area contributed by atoms with Crippen LogP contribution >= 0.6 is 0 Å². The number of benzene rings is 2. The molecule has 0 aromatic heterocycles. The van der Waals surface area contributed by atoms with Crippen molar-refractivity contribution in [2.45, 2.75) is 33.8 Å². The second-order valence-electron chi connectivity index (χ2n) is 7.35. The molecule has 2 aromatic carbocycles. The van der Waals surface area contributed by atoms with Gasteiger partial charge in [0.2, 0.25) is 0 Å². The molecule has 1 heterocycles. The van der Waals surface area contributed by atoms with E-state index in [-0.39, 0.29) is 24.5 Å². The third kappa shape index (κ3) is 4.40. The highest BCUT2D eigenvalue weighted by atomic mass is 16.5. The molecule has 0 radical (unpaired) electrons. The van der Waals surface area contributed by atoms with Gasteiger partial charge in [-0.05, 0) is 45.4 Å². The van der Waals surface area contributed by atoms with E-state index in [1.54, 1.807) is 0 Å². The van der Waals surface area contributed by atoms with Crippen molar-refractivity contribution in [1.29, 1.82) is 0 Å². The number of carbonyl (C=O) groups excluding carboxylic acids is 2. The van der Waals surface area contributed by atoms with Gasteiger partial charge in [-0.25, -0.2) is 0 Å². The number of hydrogen-bond donors (Lipinski definition) is 0. The summed E-state index contributed by atoms with van der Waals surface area (Å²) in [7, 11) is 0. The summed E-state index contributed by atoms with van der Waals surface area (Å²) >= 11 is 0. The van der Waals surface area contributed by atoms with Crippen LogP contribution in [0.2, 0.25) is 0 Å². The highest BCUT2D eigenvalue weighted by molar-refractivity contribution is 6.36. The van der Waals surface area contributed by atoms with E-state index in [1.165, 1.54) is 4.90 Å². The SMILES string of the molecule is CCN(C1=C(c2ccc(C)cc2)C(=O)N(CCOC(C)C)C1=O)c1ccccc1. The largest absolute Gasteiger partial charge is 0.377 e. The minimum atomic E-state index is -0.274. The molecule has 29 heavy (non-hydrogen) atoms. The molecule has 0 atom stereocenters. The monoisotopic (exact) mass is 392 g/mol. The van der Waals surface area contributed by atoms with Crippen molar-refractivity contribution in [3.8, 4) is 0 Å². The number of anilines is 1. The third-order valence-corrected chi connectivity index (χ3v) is 4.90. The van der Waals surface area contributed by atoms with Crippen LogP contribution in [-0.4, -0.2) is 42.5 Å². The lowest BCUT2D eigenvalue weighted by atomic mass is 10.0. The Hall–Kier alpha value is -2.92. The molecular formula is C24H28N2O3. The van der Waals surface area contributed by atoms with Crippen LogP contribution in [0.15, 0.2) is 60.3 Å². The van der Waals surface area contributed by atoms with Crippen LogP contribution in [0, 0.1) is 6.92 Å². The van der Waals surface area contributed by atoms with Crippen molar-refractivity contribution in [3.05, 3.63) is 71.4 Å². The van der Waals surface area contributed by atoms with Crippen LogP contribution in [0.3, 0.4) is 0 Å². The van der Waals surface area contributed by atoms with Crippen LogP contribution in [0.25, 0.3) is 5.57 Å². The van der Waals surface area contributed by atoms with Crippen LogP contribution in [0.1, 0.15) is 31.9 Å². The number of para-hydroxylation sites is 1. The van der Waals surface area contributed by atoms with Crippen LogP contribution in [-0.2, 0) is 14.3 Å². The standard InChI is InChI=1S/C24H28N2O3/c1-5-25(20-9-7-6-8-10-20)22-21(19-13-11-18(4)12-14-19)23(27)26(24(22)28)15-16-29-17(2)3/h6-14,17H,5,15-16H2,1-4H3. The van der Waals surface area contributed by atoms with Gasteiger partial charge in [0.1, 0.15) is 5.70 Å². The highest BCUT2D eigenvalue weighted by Crippen LogP contribution is 2.34. The molecule has 5 nitrogen and oxygen atoms in total. The van der Waals surface area contributed by atoms with E-state index in [2.05, 4.69) is 0 Å². The van der Waals surface area contributed by atoms with Gasteiger partial charge in [0, 0.05) is 12.2 Å². The minimum absolute atomic E-state index is 0.0447. The molecule has 0 N–H and O–H groups in total. The van der Waals surface area contributed by atoms with Crippen molar-refractivity contribution >= 4 is 23.1 Å². The Morgan fingerprint density at radius 1 is 0.966 bits per heavy atom. The van der Waals surface area contributed by atoms with E-state index < -0.39 is 0 Å². The summed E-state index contributed by atoms with van der Waals surface area (Å²) in [5.74, 6) is -0.542. The van der Waals surface area contributed by atoms with Crippen molar-refractivity contribution in [2.75, 3.05) is 24.6 Å². The lowest BCUT2D eigenvalue weighted by Crippen LogP contribution is -2.37. The molecule has 0 spiro atoms. The molecule has 2 aromatic rings. The highest BCUT2D eigenvalue weighted by Gasteiger charge is 2.41. The normalized spacial score (nSPS) is 14.3. The number of amides is 2. The van der Waals surface area contributed by atoms with E-state index in [9.17, 15) is 9.59 Å². The Labute approximate surface area is 172 Å². The molecule has 152 valence electrons. The summed E-state index contributed by atoms with van der Waals surface area (Å²) in [4.78, 5) is 29.9. The molecular weight excluding hydrogens is 364 g/mol. The number of likely N-dealkylation sites (N-methyl/N-ethyl adjacent to an activating group) is 1. The summed E-state index contributed by atoms with van der Waals surface area (Å²) in [6.07, 6.45) is 0.0447. The second kappa shape index (κ2) is 9.05. The topological polar surface area (TPSA) is 49.9 Å². The zero-order valence-corrected chi connectivity index (χ0v) is 17.5. The van der Waals surface area contributed by atoms with Crippen molar-refractivity contribution in [2.24, 2.45) is 0 Å². The van der Waals surface area contributed by atoms with Crippen molar-refractivity contribution in [1.82, 2.24) is 4.90 Å². The Kier molecular flexibility index (Phi) is 6.49. The number of ether oxygens (including phenoxy) is 1. The number of aryl methyl sites for hydroxylation is 1. The molecule has 0 unspecified atom stereocenters. The van der Waals surface area contributed by atoms with Gasteiger partial charge >= 0.3 is 0 Å². The van der Waals surface area contributed by atoms with Crippen LogP contribution < -0.4 is 4.90 Å². The number of nitrogens with zero attached hydrogens (tertiary/aromatic N) is 2. The Bertz CT molecular complexity index is 901. The molecule has 0 fully saturated rings. The summed E-state index contributed by atoms with van der Waals surface area (Å²) in [5, 5.41) is 0. The average molecular weight is 392 g/mol. The molecule has 5 heteroatoms. The van der Waals surface area contributed by atoms with Crippen molar-refractivity contribution < 1.29 is 14.3 Å². The minimum Gasteiger partial charge on any atom is -0.377 e. The predicted molar refractivity (Wildman–Crippen MR) is 115 cm³/mol. The lowest BCUT2D eigenvalue weighted by Gasteiger charge is -2.25. The lowest BCUT2D eigenvalue weighted by molar-refractivity contribution is -0.138. The molecule has 3 rings (SSSR count). The van der Waals surface area contributed by atoms with Crippen LogP contribution in [0.4, 0.5) is 5.69 Å². The average Bonchev–Trinajstić information content (AvgIpc) is 2.95. The molecule has 1 aliphatic rings. The third-order valence-electron chi connectivity index (χ3n) is 4.90. The predicted octanol–water partition coefficient (Wildman–Crippen LogP) is 4.03. The maximum Gasteiger partial charge on any atom is 0.278 e. The molecule has 1 aliphatic heterocycles. The second-order valence-corrected chi connectivity index (χ2v) is 7.35. The van der Waals surface area contributed by atoms with Gasteiger partial charge in [-0.1, -0.05) is 48.0 Å². The van der Waals surface area contributed by atoms with E-state index in [0.29, 0.717) is 24.4 Å². The van der Waals surface area contributed by atoms with E-state index in [0.717, 1.165) is 16.8 Å². The summed E-state index contributed by atoms with van der Waals surface area (Å²) in [5.41, 5.74) is 3.62. The van der Waals surface area contributed by atoms with E-state index >= 15 is 0 Å². The molecule has 2 amide bonds. The molecule has 0 aliphatic carbocycles. The Morgan fingerprint density at radius 2 is 1.62 bits per heavy atom. The quantitative estimate of drug-likeness (QED) is 0.637. The first-order chi connectivity index (χ1) is 13.9. The maximum atomic E-state index is 13.4. The van der Waals surface area contributed by atoms with Gasteiger partial charge in [-0.3, -0.25) is 14.5 Å². The summed E-state index contributed by atoms with van der Waals surface area (Å²) < 4.78 is 5.59. The first-order valence-corrected chi connectivity index (χ1v) is 10.1. The summed E-state index contributed by atoms with van der Waals surface area (Å²) in [6.45, 7) is 8.98. The zero-order valence-electron chi connectivity index (χ0n) is 17.5. The van der Waals surface area contributed by atoms with Gasteiger partial charge < -0.3 is 9.64 Å². The number of imide groups is 1. The first-order valence-electron chi connectivity index (χ1n) is 10.1. The van der Waals surface area contributed by atoms with Gasteiger partial charge in [0.05, 0.1) is 24.8 Å². The van der Waals surface area contributed by atoms with Gasteiger partial charge in [0.15, 0.2) is 0 Å². The number of hydrogen-bond acceptors (Lipinski definition) is 4. The fraction of sp³-hybridized carbons (Fsp3) is 0.333. The number of carbonyl (C=O) groups is 2. The van der Waals surface area contributed by atoms with Crippen molar-refractivity contribution in [3.63, 3.8) is 0 Å². The van der Waals surface area contributed by atoms with Gasteiger partial charge in [-0.15, -0.1) is 0 Å². The Morgan fingerprint density at radius 3 is 2.21 bits per heavy atom. The first kappa shape index (κ1) is 20.8. The zero-order chi connectivity index (χ0) is 21.0. The smallest absolute Gasteiger partial charge is 0.278 e. The Balaban J connectivity index is 2.05. The van der Waals surface area contributed by atoms with Gasteiger partial charge in [-0.2, -0.15) is 0 Å².